The van der Waals surface area contributed by atoms with Crippen molar-refractivity contribution in [2.24, 2.45) is 5.92 Å². The predicted molar refractivity (Wildman–Crippen MR) is 86.5 cm³/mol. The molecule has 5 nitrogen and oxygen atoms in total. The second-order valence-electron chi connectivity index (χ2n) is 6.13. The van der Waals surface area contributed by atoms with Gasteiger partial charge in [0.15, 0.2) is 0 Å². The van der Waals surface area contributed by atoms with Crippen LogP contribution in [0.15, 0.2) is 23.3 Å². The molecule has 136 valence electrons. The van der Waals surface area contributed by atoms with E-state index in [2.05, 4.69) is 10.4 Å². The first-order valence-corrected chi connectivity index (χ1v) is 7.99. The highest BCUT2D eigenvalue weighted by atomic mass is 35.5. The summed E-state index contributed by atoms with van der Waals surface area (Å²) in [7, 11) is 0. The summed E-state index contributed by atoms with van der Waals surface area (Å²) >= 11 is 5.54. The van der Waals surface area contributed by atoms with Gasteiger partial charge in [0.2, 0.25) is 0 Å². The SMILES string of the molecule is CC1=C(CCC(C)C)C(=O)N(Nc2ccc(C(F)(F)F)c(Cl)n2)C1=O. The summed E-state index contributed by atoms with van der Waals surface area (Å²) in [4.78, 5) is 28.2. The lowest BCUT2D eigenvalue weighted by atomic mass is 10.0. The smallest absolute Gasteiger partial charge is 0.271 e. The number of hydrogen-bond donors (Lipinski definition) is 1. The van der Waals surface area contributed by atoms with Crippen molar-refractivity contribution in [1.29, 1.82) is 0 Å². The summed E-state index contributed by atoms with van der Waals surface area (Å²) in [6, 6.07) is 1.75. The van der Waals surface area contributed by atoms with Crippen LogP contribution in [-0.4, -0.2) is 21.8 Å². The molecule has 25 heavy (non-hydrogen) atoms. The third kappa shape index (κ3) is 4.12. The van der Waals surface area contributed by atoms with Gasteiger partial charge in [-0.2, -0.15) is 18.2 Å². The molecule has 9 heteroatoms. The number of nitrogens with zero attached hydrogens (tertiary/aromatic N) is 2. The fourth-order valence-corrected chi connectivity index (χ4v) is 2.60. The molecule has 0 saturated heterocycles. The number of anilines is 1. The first-order valence-electron chi connectivity index (χ1n) is 7.61. The Morgan fingerprint density at radius 3 is 2.40 bits per heavy atom. The van der Waals surface area contributed by atoms with Crippen molar-refractivity contribution >= 4 is 29.2 Å². The van der Waals surface area contributed by atoms with Crippen molar-refractivity contribution in [2.75, 3.05) is 5.43 Å². The molecule has 0 bridgehead atoms. The monoisotopic (exact) mass is 375 g/mol. The summed E-state index contributed by atoms with van der Waals surface area (Å²) in [5.74, 6) is -0.847. The average molecular weight is 376 g/mol. The van der Waals surface area contributed by atoms with E-state index < -0.39 is 28.7 Å². The number of carbonyl (C=O) groups is 2. The van der Waals surface area contributed by atoms with Crippen LogP contribution in [0.3, 0.4) is 0 Å². The number of amides is 2. The minimum Gasteiger partial charge on any atom is -0.271 e. The molecule has 0 unspecified atom stereocenters. The average Bonchev–Trinajstić information content (AvgIpc) is 2.68. The van der Waals surface area contributed by atoms with Crippen molar-refractivity contribution in [3.05, 3.63) is 34.0 Å². The van der Waals surface area contributed by atoms with Gasteiger partial charge in [-0.3, -0.25) is 15.0 Å². The van der Waals surface area contributed by atoms with Crippen molar-refractivity contribution < 1.29 is 22.8 Å². The van der Waals surface area contributed by atoms with E-state index >= 15 is 0 Å². The Morgan fingerprint density at radius 2 is 1.88 bits per heavy atom. The quantitative estimate of drug-likeness (QED) is 0.618. The van der Waals surface area contributed by atoms with Gasteiger partial charge in [0.1, 0.15) is 11.0 Å². The van der Waals surface area contributed by atoms with Crippen LogP contribution < -0.4 is 5.43 Å². The molecule has 0 fully saturated rings. The first kappa shape index (κ1) is 19.2. The van der Waals surface area contributed by atoms with Crippen molar-refractivity contribution in [2.45, 2.75) is 39.8 Å². The van der Waals surface area contributed by atoms with Crippen molar-refractivity contribution in [1.82, 2.24) is 9.99 Å². The van der Waals surface area contributed by atoms with Gasteiger partial charge in [0.25, 0.3) is 11.8 Å². The highest BCUT2D eigenvalue weighted by Crippen LogP contribution is 2.34. The van der Waals surface area contributed by atoms with Crippen LogP contribution in [0.2, 0.25) is 5.15 Å². The number of imide groups is 1. The molecule has 1 N–H and O–H groups in total. The Morgan fingerprint density at radius 1 is 1.24 bits per heavy atom. The van der Waals surface area contributed by atoms with Crippen LogP contribution in [0, 0.1) is 5.92 Å². The topological polar surface area (TPSA) is 62.3 Å². The Kier molecular flexibility index (Phi) is 5.41. The van der Waals surface area contributed by atoms with Gasteiger partial charge in [-0.05, 0) is 37.8 Å². The Labute approximate surface area is 147 Å². The van der Waals surface area contributed by atoms with Crippen LogP contribution in [-0.2, 0) is 15.8 Å². The maximum atomic E-state index is 12.7. The van der Waals surface area contributed by atoms with Crippen LogP contribution in [0.1, 0.15) is 39.2 Å². The lowest BCUT2D eigenvalue weighted by Gasteiger charge is -2.18. The van der Waals surface area contributed by atoms with Crippen molar-refractivity contribution in [3.63, 3.8) is 0 Å². The number of carbonyl (C=O) groups excluding carboxylic acids is 2. The second-order valence-corrected chi connectivity index (χ2v) is 6.48. The van der Waals surface area contributed by atoms with E-state index in [4.69, 9.17) is 11.6 Å². The molecular formula is C16H17ClF3N3O2. The number of nitrogens with one attached hydrogen (secondary N) is 1. The number of hydrazine groups is 1. The fraction of sp³-hybridized carbons (Fsp3) is 0.438. The van der Waals surface area contributed by atoms with Crippen LogP contribution in [0.25, 0.3) is 0 Å². The lowest BCUT2D eigenvalue weighted by molar-refractivity contribution is -0.138. The maximum Gasteiger partial charge on any atom is 0.419 e. The summed E-state index contributed by atoms with van der Waals surface area (Å²) in [6.45, 7) is 5.55. The molecule has 0 aromatic carbocycles. The highest BCUT2D eigenvalue weighted by molar-refractivity contribution is 6.30. The molecule has 0 aliphatic carbocycles. The van der Waals surface area contributed by atoms with E-state index in [1.165, 1.54) is 0 Å². The zero-order chi connectivity index (χ0) is 18.9. The van der Waals surface area contributed by atoms with E-state index in [1.54, 1.807) is 6.92 Å². The summed E-state index contributed by atoms with van der Waals surface area (Å²) in [6.07, 6.45) is -3.44. The molecule has 2 rings (SSSR count). The zero-order valence-electron chi connectivity index (χ0n) is 13.9. The Hall–Kier alpha value is -2.09. The highest BCUT2D eigenvalue weighted by Gasteiger charge is 2.37. The molecule has 1 aliphatic rings. The van der Waals surface area contributed by atoms with Crippen LogP contribution in [0.5, 0.6) is 0 Å². The number of halogens is 4. The molecule has 0 spiro atoms. The molecule has 1 aromatic rings. The third-order valence-corrected chi connectivity index (χ3v) is 4.08. The fourth-order valence-electron chi connectivity index (χ4n) is 2.34. The van der Waals surface area contributed by atoms with E-state index in [0.29, 0.717) is 23.5 Å². The lowest BCUT2D eigenvalue weighted by Crippen LogP contribution is -2.37. The third-order valence-electron chi connectivity index (χ3n) is 3.79. The largest absolute Gasteiger partial charge is 0.419 e. The van der Waals surface area contributed by atoms with Crippen molar-refractivity contribution in [3.8, 4) is 0 Å². The van der Waals surface area contributed by atoms with Crippen LogP contribution in [0.4, 0.5) is 19.0 Å². The van der Waals surface area contributed by atoms with E-state index in [1.807, 2.05) is 13.8 Å². The van der Waals surface area contributed by atoms with Gasteiger partial charge in [-0.15, -0.1) is 0 Å². The van der Waals surface area contributed by atoms with Gasteiger partial charge in [-0.25, -0.2) is 4.98 Å². The van der Waals surface area contributed by atoms with Gasteiger partial charge in [0.05, 0.1) is 5.56 Å². The number of alkyl halides is 3. The van der Waals surface area contributed by atoms with E-state index in [0.717, 1.165) is 23.6 Å². The van der Waals surface area contributed by atoms with Crippen LogP contribution >= 0.6 is 11.6 Å². The normalized spacial score (nSPS) is 15.6. The van der Waals surface area contributed by atoms with Gasteiger partial charge in [0, 0.05) is 11.1 Å². The molecule has 0 saturated carbocycles. The van der Waals surface area contributed by atoms with Gasteiger partial charge in [-0.1, -0.05) is 25.4 Å². The number of aromatic nitrogens is 1. The van der Waals surface area contributed by atoms with E-state index in [-0.39, 0.29) is 5.82 Å². The summed E-state index contributed by atoms with van der Waals surface area (Å²) in [5, 5.41) is -0.0157. The molecule has 2 amide bonds. The maximum absolute atomic E-state index is 12.7. The number of rotatable bonds is 5. The second kappa shape index (κ2) is 7.03. The standard InChI is InChI=1S/C16H17ClF3N3O2/c1-8(2)4-5-10-9(3)14(24)23(15(10)25)22-12-7-6-11(13(17)21-12)16(18,19)20/h6-8H,4-5H2,1-3H3,(H,21,22). The minimum atomic E-state index is -4.63. The summed E-state index contributed by atoms with van der Waals surface area (Å²) < 4.78 is 38.1. The molecule has 0 atom stereocenters. The van der Waals surface area contributed by atoms with Gasteiger partial charge < -0.3 is 0 Å². The molecule has 0 radical (unpaired) electrons. The molecule has 1 aromatic heterocycles. The zero-order valence-corrected chi connectivity index (χ0v) is 14.6. The molecule has 1 aliphatic heterocycles. The number of hydrogen-bond acceptors (Lipinski definition) is 4. The number of pyridine rings is 1. The Bertz CT molecular complexity index is 745. The summed E-state index contributed by atoms with van der Waals surface area (Å²) in [5.41, 5.74) is 2.05. The van der Waals surface area contributed by atoms with Gasteiger partial charge >= 0.3 is 6.18 Å². The minimum absolute atomic E-state index is 0.127. The van der Waals surface area contributed by atoms with E-state index in [9.17, 15) is 22.8 Å². The molecule has 2 heterocycles. The Balaban J connectivity index is 2.18. The first-order chi connectivity index (χ1) is 11.5. The molecular weight excluding hydrogens is 359 g/mol. The predicted octanol–water partition coefficient (Wildman–Crippen LogP) is 4.20.